The molecule has 1 unspecified atom stereocenters. The van der Waals surface area contributed by atoms with Crippen molar-refractivity contribution < 1.29 is 26.4 Å². The summed E-state index contributed by atoms with van der Waals surface area (Å²) in [6.07, 6.45) is -0.524. The molecule has 27 heavy (non-hydrogen) atoms. The molecule has 0 bridgehead atoms. The molecule has 148 valence electrons. The number of alkyl halides is 3. The Morgan fingerprint density at radius 3 is 2.59 bits per heavy atom. The maximum absolute atomic E-state index is 12.6. The van der Waals surface area contributed by atoms with Gasteiger partial charge in [-0.15, -0.1) is 0 Å². The number of carbonyl (C=O) groups excluding carboxylic acids is 1. The van der Waals surface area contributed by atoms with Crippen molar-refractivity contribution >= 4 is 33.0 Å². The van der Waals surface area contributed by atoms with Gasteiger partial charge in [-0.05, 0) is 26.0 Å². The van der Waals surface area contributed by atoms with E-state index >= 15 is 0 Å². The van der Waals surface area contributed by atoms with E-state index in [4.69, 9.17) is 11.6 Å². The Labute approximate surface area is 158 Å². The molecule has 2 aromatic rings. The zero-order valence-electron chi connectivity index (χ0n) is 14.3. The Morgan fingerprint density at radius 1 is 1.41 bits per heavy atom. The zero-order chi connectivity index (χ0) is 20.4. The van der Waals surface area contributed by atoms with Crippen LogP contribution < -0.4 is 4.90 Å². The van der Waals surface area contributed by atoms with Gasteiger partial charge in [0.15, 0.2) is 15.0 Å². The SMILES string of the molecule is CCN(C(=O)C(C)S(=O)(=O)CC(F)(F)F)c1cn(-c2cccnc2)nc1Cl. The van der Waals surface area contributed by atoms with E-state index in [0.29, 0.717) is 5.69 Å². The van der Waals surface area contributed by atoms with Crippen LogP contribution in [0.3, 0.4) is 0 Å². The predicted molar refractivity (Wildman–Crippen MR) is 93.7 cm³/mol. The first-order valence-corrected chi connectivity index (χ1v) is 9.81. The van der Waals surface area contributed by atoms with Gasteiger partial charge in [0.1, 0.15) is 16.7 Å². The fraction of sp³-hybridized carbons (Fsp3) is 0.400. The number of sulfone groups is 1. The van der Waals surface area contributed by atoms with Crippen LogP contribution in [0.25, 0.3) is 5.69 Å². The molecule has 0 aliphatic heterocycles. The van der Waals surface area contributed by atoms with E-state index in [9.17, 15) is 26.4 Å². The van der Waals surface area contributed by atoms with Crippen molar-refractivity contribution in [1.82, 2.24) is 14.8 Å². The first kappa shape index (κ1) is 21.2. The van der Waals surface area contributed by atoms with Gasteiger partial charge in [-0.1, -0.05) is 11.6 Å². The highest BCUT2D eigenvalue weighted by Gasteiger charge is 2.41. The third-order valence-corrected chi connectivity index (χ3v) is 5.96. The van der Waals surface area contributed by atoms with E-state index in [2.05, 4.69) is 10.1 Å². The van der Waals surface area contributed by atoms with Crippen LogP contribution in [0.5, 0.6) is 0 Å². The van der Waals surface area contributed by atoms with Crippen LogP contribution in [0.15, 0.2) is 30.7 Å². The minimum absolute atomic E-state index is 0.0107. The molecule has 0 saturated carbocycles. The highest BCUT2D eigenvalue weighted by molar-refractivity contribution is 7.92. The van der Waals surface area contributed by atoms with Crippen molar-refractivity contribution in [3.05, 3.63) is 35.9 Å². The Kier molecular flexibility index (Phi) is 6.15. The number of hydrogen-bond donors (Lipinski definition) is 0. The Morgan fingerprint density at radius 2 is 2.07 bits per heavy atom. The Balaban J connectivity index is 2.34. The number of anilines is 1. The highest BCUT2D eigenvalue weighted by Crippen LogP contribution is 2.28. The lowest BCUT2D eigenvalue weighted by molar-refractivity contribution is -0.118. The van der Waals surface area contributed by atoms with Crippen molar-refractivity contribution in [2.45, 2.75) is 25.3 Å². The maximum Gasteiger partial charge on any atom is 0.402 e. The molecule has 0 aliphatic rings. The summed E-state index contributed by atoms with van der Waals surface area (Å²) in [7, 11) is -4.74. The van der Waals surface area contributed by atoms with Crippen molar-refractivity contribution in [2.75, 3.05) is 17.2 Å². The minimum atomic E-state index is -4.94. The van der Waals surface area contributed by atoms with Crippen LogP contribution in [-0.4, -0.2) is 52.8 Å². The largest absolute Gasteiger partial charge is 0.402 e. The van der Waals surface area contributed by atoms with E-state index in [1.807, 2.05) is 0 Å². The van der Waals surface area contributed by atoms with Gasteiger partial charge in [-0.25, -0.2) is 13.1 Å². The molecule has 0 radical (unpaired) electrons. The van der Waals surface area contributed by atoms with Gasteiger partial charge >= 0.3 is 6.18 Å². The van der Waals surface area contributed by atoms with Crippen molar-refractivity contribution in [3.63, 3.8) is 0 Å². The molecule has 2 heterocycles. The molecule has 0 fully saturated rings. The molecule has 0 spiro atoms. The van der Waals surface area contributed by atoms with Crippen LogP contribution >= 0.6 is 11.6 Å². The minimum Gasteiger partial charge on any atom is -0.307 e. The highest BCUT2D eigenvalue weighted by atomic mass is 35.5. The van der Waals surface area contributed by atoms with Crippen LogP contribution in [0, 0.1) is 0 Å². The third-order valence-electron chi connectivity index (χ3n) is 3.69. The number of halogens is 4. The average Bonchev–Trinajstić information content (AvgIpc) is 2.95. The molecule has 0 aromatic carbocycles. The van der Waals surface area contributed by atoms with Gasteiger partial charge in [0.25, 0.3) is 0 Å². The molecular formula is C15H16ClF3N4O3S. The van der Waals surface area contributed by atoms with E-state index in [-0.39, 0.29) is 17.4 Å². The first-order chi connectivity index (χ1) is 12.5. The average molecular weight is 425 g/mol. The summed E-state index contributed by atoms with van der Waals surface area (Å²) in [5.41, 5.74) is 0.619. The van der Waals surface area contributed by atoms with Crippen molar-refractivity contribution in [3.8, 4) is 5.69 Å². The maximum atomic E-state index is 12.6. The number of pyridine rings is 1. The lowest BCUT2D eigenvalue weighted by Crippen LogP contribution is -2.44. The van der Waals surface area contributed by atoms with Gasteiger partial charge < -0.3 is 4.90 Å². The monoisotopic (exact) mass is 424 g/mol. The van der Waals surface area contributed by atoms with Crippen LogP contribution in [0.2, 0.25) is 5.15 Å². The van der Waals surface area contributed by atoms with Crippen molar-refractivity contribution in [1.29, 1.82) is 0 Å². The molecule has 0 N–H and O–H groups in total. The molecule has 2 aromatic heterocycles. The van der Waals surface area contributed by atoms with E-state index in [0.717, 1.165) is 11.8 Å². The molecular weight excluding hydrogens is 409 g/mol. The summed E-state index contributed by atoms with van der Waals surface area (Å²) in [5, 5.41) is 2.04. The number of hydrogen-bond acceptors (Lipinski definition) is 5. The smallest absolute Gasteiger partial charge is 0.307 e. The predicted octanol–water partition coefficient (Wildman–Crippen LogP) is 2.64. The second-order valence-corrected chi connectivity index (χ2v) is 8.29. The molecule has 7 nitrogen and oxygen atoms in total. The lowest BCUT2D eigenvalue weighted by atomic mass is 10.3. The van der Waals surface area contributed by atoms with Gasteiger partial charge in [-0.3, -0.25) is 9.78 Å². The summed E-state index contributed by atoms with van der Waals surface area (Å²) in [6, 6.07) is 3.33. The van der Waals surface area contributed by atoms with Gasteiger partial charge in [0.2, 0.25) is 5.91 Å². The van der Waals surface area contributed by atoms with Gasteiger partial charge in [-0.2, -0.15) is 18.3 Å². The number of carbonyl (C=O) groups is 1. The molecule has 0 aliphatic carbocycles. The Hall–Kier alpha value is -2.14. The normalized spacial score (nSPS) is 13.4. The zero-order valence-corrected chi connectivity index (χ0v) is 15.9. The Bertz CT molecular complexity index is 916. The number of aromatic nitrogens is 3. The molecule has 2 rings (SSSR count). The van der Waals surface area contributed by atoms with E-state index in [1.165, 1.54) is 17.1 Å². The second-order valence-electron chi connectivity index (χ2n) is 5.61. The van der Waals surface area contributed by atoms with Crippen LogP contribution in [-0.2, 0) is 14.6 Å². The number of nitrogens with zero attached hydrogens (tertiary/aromatic N) is 4. The molecule has 12 heteroatoms. The molecule has 0 saturated heterocycles. The quantitative estimate of drug-likeness (QED) is 0.711. The fourth-order valence-electron chi connectivity index (χ4n) is 2.32. The standard InChI is InChI=1S/C15H16ClF3N4O3S/c1-3-22(14(24)10(2)27(25,26)9-15(17,18)19)12-8-23(21-13(12)16)11-5-4-6-20-7-11/h4-8,10H,3,9H2,1-2H3. The summed E-state index contributed by atoms with van der Waals surface area (Å²) >= 11 is 6.06. The molecule has 1 amide bonds. The van der Waals surface area contributed by atoms with Crippen LogP contribution in [0.1, 0.15) is 13.8 Å². The number of rotatable bonds is 6. The van der Waals surface area contributed by atoms with Gasteiger partial charge in [0.05, 0.1) is 18.1 Å². The topological polar surface area (TPSA) is 85.2 Å². The fourth-order valence-corrected chi connectivity index (χ4v) is 3.69. The number of amides is 1. The van der Waals surface area contributed by atoms with Crippen LogP contribution in [0.4, 0.5) is 18.9 Å². The van der Waals surface area contributed by atoms with Gasteiger partial charge in [0, 0.05) is 12.7 Å². The summed E-state index contributed by atoms with van der Waals surface area (Å²) in [4.78, 5) is 17.5. The molecule has 1 atom stereocenters. The second kappa shape index (κ2) is 7.85. The summed E-state index contributed by atoms with van der Waals surface area (Å²) in [5.74, 6) is -3.10. The third kappa shape index (κ3) is 4.98. The van der Waals surface area contributed by atoms with E-state index < -0.39 is 32.9 Å². The summed E-state index contributed by atoms with van der Waals surface area (Å²) < 4.78 is 62.6. The first-order valence-electron chi connectivity index (χ1n) is 7.71. The van der Waals surface area contributed by atoms with Crippen molar-refractivity contribution in [2.24, 2.45) is 0 Å². The summed E-state index contributed by atoms with van der Waals surface area (Å²) in [6.45, 7) is 2.45. The van der Waals surface area contributed by atoms with E-state index in [1.54, 1.807) is 25.3 Å². The lowest BCUT2D eigenvalue weighted by Gasteiger charge is -2.23.